The van der Waals surface area contributed by atoms with Gasteiger partial charge in [-0.15, -0.1) is 11.3 Å². The quantitative estimate of drug-likeness (QED) is 0.575. The van der Waals surface area contributed by atoms with Gasteiger partial charge in [0.25, 0.3) is 0 Å². The minimum atomic E-state index is -0.994. The average Bonchev–Trinajstić information content (AvgIpc) is 3.12. The predicted octanol–water partition coefficient (Wildman–Crippen LogP) is 5.38. The number of hydrogen-bond acceptors (Lipinski definition) is 4. The van der Waals surface area contributed by atoms with Crippen LogP contribution in [-0.2, 0) is 4.79 Å². The summed E-state index contributed by atoms with van der Waals surface area (Å²) in [5, 5.41) is 12.8. The molecule has 2 aromatic carbocycles. The van der Waals surface area contributed by atoms with E-state index in [0.717, 1.165) is 28.2 Å². The molecule has 6 heteroatoms. The van der Waals surface area contributed by atoms with Gasteiger partial charge in [-0.05, 0) is 18.1 Å². The van der Waals surface area contributed by atoms with Crippen molar-refractivity contribution in [1.82, 2.24) is 0 Å². The summed E-state index contributed by atoms with van der Waals surface area (Å²) in [7, 11) is 0. The molecule has 1 aliphatic rings. The number of amides is 1. The Morgan fingerprint density at radius 3 is 2.62 bits per heavy atom. The number of carbonyl (C=O) groups excluding carboxylic acids is 1. The summed E-state index contributed by atoms with van der Waals surface area (Å²) in [5.74, 6) is -0.620. The van der Waals surface area contributed by atoms with Crippen LogP contribution in [0.25, 0.3) is 11.1 Å². The number of hydrogen-bond donors (Lipinski definition) is 2. The van der Waals surface area contributed by atoms with Crippen LogP contribution < -0.4 is 10.1 Å². The van der Waals surface area contributed by atoms with Gasteiger partial charge in [0.2, 0.25) is 5.91 Å². The lowest BCUT2D eigenvalue weighted by Gasteiger charge is -2.25. The standard InChI is InChI=1S/C23H21NO4S/c1-2-12-28-17-11-7-6-10-15(17)16-13-18(25)24-20-19(14-8-4-3-5-9-14)22(23(26)27)29-21(16)20/h3-11,16H,2,12-13H2,1H3,(H,24,25)(H,26,27)/t16-/m0/s1. The van der Waals surface area contributed by atoms with Crippen LogP contribution in [0.4, 0.5) is 5.69 Å². The summed E-state index contributed by atoms with van der Waals surface area (Å²) in [6.45, 7) is 2.63. The van der Waals surface area contributed by atoms with Gasteiger partial charge in [0, 0.05) is 28.3 Å². The van der Waals surface area contributed by atoms with E-state index in [2.05, 4.69) is 5.32 Å². The summed E-state index contributed by atoms with van der Waals surface area (Å²) in [5.41, 5.74) is 2.86. The minimum Gasteiger partial charge on any atom is -0.493 e. The molecule has 5 nitrogen and oxygen atoms in total. The number of carboxylic acid groups (broad SMARTS) is 1. The third-order valence-corrected chi connectivity index (χ3v) is 6.21. The number of nitrogens with one attached hydrogen (secondary N) is 1. The molecule has 0 bridgehead atoms. The topological polar surface area (TPSA) is 75.6 Å². The molecule has 0 spiro atoms. The first-order valence-electron chi connectivity index (χ1n) is 9.57. The van der Waals surface area contributed by atoms with Crippen LogP contribution in [0, 0.1) is 0 Å². The number of carboxylic acids is 1. The van der Waals surface area contributed by atoms with Gasteiger partial charge in [0.05, 0.1) is 12.3 Å². The highest BCUT2D eigenvalue weighted by atomic mass is 32.1. The second kappa shape index (κ2) is 8.09. The van der Waals surface area contributed by atoms with Crippen LogP contribution in [0.15, 0.2) is 54.6 Å². The van der Waals surface area contributed by atoms with Crippen molar-refractivity contribution in [2.24, 2.45) is 0 Å². The highest BCUT2D eigenvalue weighted by Gasteiger charge is 2.35. The number of carbonyl (C=O) groups is 2. The van der Waals surface area contributed by atoms with Crippen molar-refractivity contribution in [3.05, 3.63) is 69.9 Å². The summed E-state index contributed by atoms with van der Waals surface area (Å²) in [6, 6.07) is 17.0. The molecular formula is C23H21NO4S. The molecule has 1 atom stereocenters. The number of aromatic carboxylic acids is 1. The van der Waals surface area contributed by atoms with Crippen LogP contribution in [-0.4, -0.2) is 23.6 Å². The summed E-state index contributed by atoms with van der Waals surface area (Å²) < 4.78 is 5.92. The molecule has 148 valence electrons. The van der Waals surface area contributed by atoms with Crippen molar-refractivity contribution in [2.45, 2.75) is 25.7 Å². The molecule has 0 saturated heterocycles. The molecular weight excluding hydrogens is 386 g/mol. The second-order valence-electron chi connectivity index (χ2n) is 6.91. The van der Waals surface area contributed by atoms with Crippen molar-refractivity contribution in [1.29, 1.82) is 0 Å². The molecule has 0 fully saturated rings. The van der Waals surface area contributed by atoms with Crippen LogP contribution in [0.3, 0.4) is 0 Å². The third kappa shape index (κ3) is 3.63. The number of benzene rings is 2. The van der Waals surface area contributed by atoms with E-state index in [1.807, 2.05) is 61.5 Å². The van der Waals surface area contributed by atoms with Gasteiger partial charge in [0.15, 0.2) is 0 Å². The van der Waals surface area contributed by atoms with Gasteiger partial charge in [-0.1, -0.05) is 55.5 Å². The van der Waals surface area contributed by atoms with Gasteiger partial charge in [-0.25, -0.2) is 4.79 Å². The fraction of sp³-hybridized carbons (Fsp3) is 0.217. The molecule has 1 amide bonds. The molecule has 29 heavy (non-hydrogen) atoms. The van der Waals surface area contributed by atoms with E-state index >= 15 is 0 Å². The van der Waals surface area contributed by atoms with Gasteiger partial charge in [-0.2, -0.15) is 0 Å². The van der Waals surface area contributed by atoms with Crippen molar-refractivity contribution < 1.29 is 19.4 Å². The predicted molar refractivity (Wildman–Crippen MR) is 114 cm³/mol. The van der Waals surface area contributed by atoms with E-state index in [9.17, 15) is 14.7 Å². The molecule has 4 rings (SSSR count). The molecule has 0 aliphatic carbocycles. The van der Waals surface area contributed by atoms with Crippen molar-refractivity contribution in [2.75, 3.05) is 11.9 Å². The Labute approximate surface area is 173 Å². The molecule has 3 aromatic rings. The smallest absolute Gasteiger partial charge is 0.346 e. The number of para-hydroxylation sites is 1. The Hall–Kier alpha value is -3.12. The molecule has 2 N–H and O–H groups in total. The summed E-state index contributed by atoms with van der Waals surface area (Å²) in [4.78, 5) is 25.7. The van der Waals surface area contributed by atoms with E-state index in [0.29, 0.717) is 17.9 Å². The normalized spacial score (nSPS) is 15.5. The highest BCUT2D eigenvalue weighted by Crippen LogP contribution is 2.50. The maximum atomic E-state index is 12.6. The zero-order valence-corrected chi connectivity index (χ0v) is 16.8. The van der Waals surface area contributed by atoms with Gasteiger partial charge in [0.1, 0.15) is 10.6 Å². The summed E-state index contributed by atoms with van der Waals surface area (Å²) in [6.07, 6.45) is 1.14. The van der Waals surface area contributed by atoms with E-state index in [4.69, 9.17) is 4.74 Å². The molecule has 1 aromatic heterocycles. The Morgan fingerprint density at radius 2 is 1.90 bits per heavy atom. The number of thiophene rings is 1. The lowest BCUT2D eigenvalue weighted by Crippen LogP contribution is -2.23. The van der Waals surface area contributed by atoms with Gasteiger partial charge < -0.3 is 15.2 Å². The molecule has 1 aliphatic heterocycles. The average molecular weight is 407 g/mol. The highest BCUT2D eigenvalue weighted by molar-refractivity contribution is 7.15. The van der Waals surface area contributed by atoms with Gasteiger partial charge >= 0.3 is 5.97 Å². The molecule has 0 saturated carbocycles. The minimum absolute atomic E-state index is 0.125. The fourth-order valence-corrected chi connectivity index (χ4v) is 4.92. The Kier molecular flexibility index (Phi) is 5.36. The van der Waals surface area contributed by atoms with Crippen LogP contribution in [0.1, 0.15) is 45.8 Å². The zero-order valence-electron chi connectivity index (χ0n) is 16.0. The lowest BCUT2D eigenvalue weighted by molar-refractivity contribution is -0.116. The van der Waals surface area contributed by atoms with E-state index in [-0.39, 0.29) is 23.1 Å². The van der Waals surface area contributed by atoms with Crippen LogP contribution in [0.2, 0.25) is 0 Å². The van der Waals surface area contributed by atoms with E-state index in [1.54, 1.807) is 0 Å². The monoisotopic (exact) mass is 407 g/mol. The van der Waals surface area contributed by atoms with Crippen molar-refractivity contribution in [3.8, 4) is 16.9 Å². The largest absolute Gasteiger partial charge is 0.493 e. The first-order valence-corrected chi connectivity index (χ1v) is 10.4. The number of rotatable bonds is 6. The Morgan fingerprint density at radius 1 is 1.17 bits per heavy atom. The van der Waals surface area contributed by atoms with Crippen molar-refractivity contribution in [3.63, 3.8) is 0 Å². The lowest BCUT2D eigenvalue weighted by atomic mass is 9.88. The third-order valence-electron chi connectivity index (χ3n) is 4.92. The number of anilines is 1. The fourth-order valence-electron chi connectivity index (χ4n) is 3.68. The first kappa shape index (κ1) is 19.2. The zero-order chi connectivity index (χ0) is 20.4. The Balaban J connectivity index is 1.89. The molecule has 0 unspecified atom stereocenters. The molecule has 2 heterocycles. The maximum Gasteiger partial charge on any atom is 0.346 e. The second-order valence-corrected chi connectivity index (χ2v) is 7.96. The van der Waals surface area contributed by atoms with E-state index < -0.39 is 5.97 Å². The number of fused-ring (bicyclic) bond motifs is 1. The SMILES string of the molecule is CCCOc1ccccc1[C@@H]1CC(=O)Nc2c1sc(C(=O)O)c2-c1ccccc1. The Bertz CT molecular complexity index is 1060. The van der Waals surface area contributed by atoms with Crippen LogP contribution in [0.5, 0.6) is 5.75 Å². The maximum absolute atomic E-state index is 12.6. The summed E-state index contributed by atoms with van der Waals surface area (Å²) >= 11 is 1.23. The van der Waals surface area contributed by atoms with Crippen LogP contribution >= 0.6 is 11.3 Å². The molecule has 0 radical (unpaired) electrons. The van der Waals surface area contributed by atoms with Gasteiger partial charge in [-0.3, -0.25) is 4.79 Å². The van der Waals surface area contributed by atoms with Crippen molar-refractivity contribution >= 4 is 28.9 Å². The first-order chi connectivity index (χ1) is 14.1. The number of ether oxygens (including phenoxy) is 1. The van der Waals surface area contributed by atoms with E-state index in [1.165, 1.54) is 11.3 Å².